The van der Waals surface area contributed by atoms with Crippen LogP contribution in [0.5, 0.6) is 11.5 Å². The molecular weight excluding hydrogens is 328 g/mol. The van der Waals surface area contributed by atoms with Crippen LogP contribution in [0.3, 0.4) is 0 Å². The van der Waals surface area contributed by atoms with E-state index in [2.05, 4.69) is 24.5 Å². The summed E-state index contributed by atoms with van der Waals surface area (Å²) in [5.74, 6) is 3.93. The van der Waals surface area contributed by atoms with E-state index in [1.807, 2.05) is 6.07 Å². The van der Waals surface area contributed by atoms with E-state index in [4.69, 9.17) is 9.47 Å². The van der Waals surface area contributed by atoms with E-state index in [0.29, 0.717) is 29.6 Å². The lowest BCUT2D eigenvalue weighted by Gasteiger charge is -2.30. The van der Waals surface area contributed by atoms with Gasteiger partial charge in [0.1, 0.15) is 11.5 Å². The minimum absolute atomic E-state index is 0.0169. The molecule has 2 aliphatic rings. The van der Waals surface area contributed by atoms with Crippen LogP contribution in [0.1, 0.15) is 46.0 Å². The second-order valence-corrected chi connectivity index (χ2v) is 8.01. The number of rotatable bonds is 8. The number of carbonyl (C=O) groups is 1. The summed E-state index contributed by atoms with van der Waals surface area (Å²) in [6, 6.07) is 6.01. The van der Waals surface area contributed by atoms with Crippen molar-refractivity contribution in [3.63, 3.8) is 0 Å². The minimum atomic E-state index is -0.0169. The van der Waals surface area contributed by atoms with E-state index in [0.717, 1.165) is 17.8 Å². The molecule has 5 unspecified atom stereocenters. The first-order valence-electron chi connectivity index (χ1n) is 9.78. The molecule has 144 valence electrons. The average molecular weight is 360 g/mol. The molecule has 2 aliphatic carbocycles. The van der Waals surface area contributed by atoms with Crippen molar-refractivity contribution in [2.24, 2.45) is 17.8 Å². The van der Waals surface area contributed by atoms with Gasteiger partial charge in [0, 0.05) is 24.6 Å². The number of methoxy groups -OCH3 is 2. The van der Waals surface area contributed by atoms with Crippen LogP contribution in [0, 0.1) is 17.8 Å². The lowest BCUT2D eigenvalue weighted by Crippen LogP contribution is -2.42. The first kappa shape index (κ1) is 19.0. The number of carbonyl (C=O) groups excluding carboxylic acids is 1. The second-order valence-electron chi connectivity index (χ2n) is 8.01. The van der Waals surface area contributed by atoms with Gasteiger partial charge in [-0.05, 0) is 63.0 Å². The van der Waals surface area contributed by atoms with E-state index in [1.54, 1.807) is 26.4 Å². The van der Waals surface area contributed by atoms with Crippen LogP contribution in [-0.2, 0) is 4.79 Å². The summed E-state index contributed by atoms with van der Waals surface area (Å²) in [7, 11) is 3.20. The highest BCUT2D eigenvalue weighted by molar-refractivity contribution is 5.92. The Morgan fingerprint density at radius 1 is 1.19 bits per heavy atom. The Kier molecular flexibility index (Phi) is 6.07. The van der Waals surface area contributed by atoms with Crippen molar-refractivity contribution in [1.29, 1.82) is 0 Å². The number of amides is 1. The fourth-order valence-electron chi connectivity index (χ4n) is 4.93. The summed E-state index contributed by atoms with van der Waals surface area (Å²) >= 11 is 0. The topological polar surface area (TPSA) is 59.6 Å². The highest BCUT2D eigenvalue weighted by atomic mass is 16.5. The molecule has 1 aromatic rings. The highest BCUT2D eigenvalue weighted by Gasteiger charge is 2.41. The SMILES string of the molecule is COc1ccc(OC)c(NC(=O)CC(C)NC(C)C2CC3CCC2C3)c1. The van der Waals surface area contributed by atoms with Crippen molar-refractivity contribution in [2.45, 2.75) is 58.0 Å². The fourth-order valence-corrected chi connectivity index (χ4v) is 4.93. The van der Waals surface area contributed by atoms with Crippen LogP contribution in [0.15, 0.2) is 18.2 Å². The number of anilines is 1. The number of hydrogen-bond acceptors (Lipinski definition) is 4. The van der Waals surface area contributed by atoms with Gasteiger partial charge < -0.3 is 20.1 Å². The molecule has 26 heavy (non-hydrogen) atoms. The summed E-state index contributed by atoms with van der Waals surface area (Å²) in [6.45, 7) is 4.37. The van der Waals surface area contributed by atoms with Gasteiger partial charge in [0.05, 0.1) is 19.9 Å². The molecule has 5 heteroatoms. The summed E-state index contributed by atoms with van der Waals surface area (Å²) in [5, 5.41) is 6.61. The predicted octanol–water partition coefficient (Wildman–Crippen LogP) is 3.84. The Bertz CT molecular complexity index is 634. The molecule has 0 spiro atoms. The van der Waals surface area contributed by atoms with Crippen LogP contribution >= 0.6 is 0 Å². The van der Waals surface area contributed by atoms with Crippen molar-refractivity contribution in [2.75, 3.05) is 19.5 Å². The van der Waals surface area contributed by atoms with E-state index >= 15 is 0 Å². The lowest BCUT2D eigenvalue weighted by atomic mass is 9.83. The molecule has 0 radical (unpaired) electrons. The average Bonchev–Trinajstić information content (AvgIpc) is 3.24. The Hall–Kier alpha value is -1.75. The van der Waals surface area contributed by atoms with Gasteiger partial charge in [-0.15, -0.1) is 0 Å². The van der Waals surface area contributed by atoms with Gasteiger partial charge in [0.25, 0.3) is 0 Å². The standard InChI is InChI=1S/C21H32N2O3/c1-13(22-14(2)18-11-15-5-6-16(18)10-15)9-21(24)23-19-12-17(25-3)7-8-20(19)26-4/h7-8,12-16,18,22H,5-6,9-11H2,1-4H3,(H,23,24). The van der Waals surface area contributed by atoms with Gasteiger partial charge in [0.15, 0.2) is 0 Å². The molecule has 5 atom stereocenters. The predicted molar refractivity (Wildman–Crippen MR) is 104 cm³/mol. The van der Waals surface area contributed by atoms with Crippen molar-refractivity contribution >= 4 is 11.6 Å². The van der Waals surface area contributed by atoms with Crippen molar-refractivity contribution in [1.82, 2.24) is 5.32 Å². The smallest absolute Gasteiger partial charge is 0.226 e. The summed E-state index contributed by atoms with van der Waals surface area (Å²) in [5.41, 5.74) is 0.644. The van der Waals surface area contributed by atoms with Gasteiger partial charge in [-0.2, -0.15) is 0 Å². The minimum Gasteiger partial charge on any atom is -0.497 e. The maximum atomic E-state index is 12.5. The van der Waals surface area contributed by atoms with Crippen molar-refractivity contribution in [3.05, 3.63) is 18.2 Å². The molecular formula is C21H32N2O3. The maximum absolute atomic E-state index is 12.5. The maximum Gasteiger partial charge on any atom is 0.226 e. The van der Waals surface area contributed by atoms with Crippen molar-refractivity contribution in [3.8, 4) is 11.5 Å². The number of fused-ring (bicyclic) bond motifs is 2. The Morgan fingerprint density at radius 2 is 2.00 bits per heavy atom. The monoisotopic (exact) mass is 360 g/mol. The molecule has 1 aromatic carbocycles. The van der Waals surface area contributed by atoms with Gasteiger partial charge in [-0.1, -0.05) is 6.42 Å². The molecule has 2 bridgehead atoms. The number of ether oxygens (including phenoxy) is 2. The molecule has 2 N–H and O–H groups in total. The lowest BCUT2D eigenvalue weighted by molar-refractivity contribution is -0.116. The Labute approximate surface area is 156 Å². The number of nitrogens with one attached hydrogen (secondary N) is 2. The van der Waals surface area contributed by atoms with Crippen LogP contribution in [0.25, 0.3) is 0 Å². The van der Waals surface area contributed by atoms with Gasteiger partial charge >= 0.3 is 0 Å². The fraction of sp³-hybridized carbons (Fsp3) is 0.667. The molecule has 1 amide bonds. The molecule has 0 aromatic heterocycles. The summed E-state index contributed by atoms with van der Waals surface area (Å²) in [6.07, 6.45) is 6.03. The van der Waals surface area contributed by atoms with E-state index < -0.39 is 0 Å². The zero-order valence-corrected chi connectivity index (χ0v) is 16.4. The van der Waals surface area contributed by atoms with Gasteiger partial charge in [0.2, 0.25) is 5.91 Å². The van der Waals surface area contributed by atoms with Gasteiger partial charge in [-0.3, -0.25) is 4.79 Å². The van der Waals surface area contributed by atoms with E-state index in [1.165, 1.54) is 25.7 Å². The third-order valence-corrected chi connectivity index (χ3v) is 6.15. The van der Waals surface area contributed by atoms with Crippen LogP contribution in [0.2, 0.25) is 0 Å². The quantitative estimate of drug-likeness (QED) is 0.740. The first-order chi connectivity index (χ1) is 12.5. The Balaban J connectivity index is 1.51. The van der Waals surface area contributed by atoms with Crippen molar-refractivity contribution < 1.29 is 14.3 Å². The molecule has 5 nitrogen and oxygen atoms in total. The summed E-state index contributed by atoms with van der Waals surface area (Å²) in [4.78, 5) is 12.5. The molecule has 2 saturated carbocycles. The molecule has 0 aliphatic heterocycles. The molecule has 2 fully saturated rings. The highest BCUT2D eigenvalue weighted by Crippen LogP contribution is 2.49. The van der Waals surface area contributed by atoms with Gasteiger partial charge in [-0.25, -0.2) is 0 Å². The number of hydrogen-bond donors (Lipinski definition) is 2. The number of benzene rings is 1. The zero-order valence-electron chi connectivity index (χ0n) is 16.4. The van der Waals surface area contributed by atoms with E-state index in [-0.39, 0.29) is 11.9 Å². The molecule has 3 rings (SSSR count). The first-order valence-corrected chi connectivity index (χ1v) is 9.78. The van der Waals surface area contributed by atoms with Crippen LogP contribution in [-0.4, -0.2) is 32.2 Å². The second kappa shape index (κ2) is 8.30. The van der Waals surface area contributed by atoms with Crippen LogP contribution in [0.4, 0.5) is 5.69 Å². The largest absolute Gasteiger partial charge is 0.497 e. The van der Waals surface area contributed by atoms with E-state index in [9.17, 15) is 4.79 Å². The van der Waals surface area contributed by atoms with Crippen LogP contribution < -0.4 is 20.1 Å². The molecule has 0 saturated heterocycles. The summed E-state index contributed by atoms with van der Waals surface area (Å²) < 4.78 is 10.6. The Morgan fingerprint density at radius 3 is 2.62 bits per heavy atom. The normalized spacial score (nSPS) is 26.4. The zero-order chi connectivity index (χ0) is 18.7. The molecule has 0 heterocycles. The third kappa shape index (κ3) is 4.32. The third-order valence-electron chi connectivity index (χ3n) is 6.15.